The molecule has 0 aromatic heterocycles. The van der Waals surface area contributed by atoms with Crippen LogP contribution in [0.15, 0.2) is 69.5 Å². The third kappa shape index (κ3) is 6.17. The van der Waals surface area contributed by atoms with Crippen molar-refractivity contribution in [1.29, 1.82) is 0 Å². The molecule has 3 aromatic rings. The molecule has 0 radical (unpaired) electrons. The Hall–Kier alpha value is -2.11. The third-order valence-electron chi connectivity index (χ3n) is 10.1. The van der Waals surface area contributed by atoms with E-state index in [0.717, 1.165) is 6.42 Å². The number of allylic oxidation sites excluding steroid dienone is 4. The van der Waals surface area contributed by atoms with Gasteiger partial charge in [0.25, 0.3) is 0 Å². The number of benzene rings is 3. The van der Waals surface area contributed by atoms with E-state index in [2.05, 4.69) is 151 Å². The minimum absolute atomic E-state index is 0.0742. The van der Waals surface area contributed by atoms with E-state index in [0.29, 0.717) is 5.92 Å². The first-order valence-electron chi connectivity index (χ1n) is 17.0. The van der Waals surface area contributed by atoms with E-state index < -0.39 is 21.3 Å². The van der Waals surface area contributed by atoms with Crippen LogP contribution in [0.3, 0.4) is 0 Å². The van der Waals surface area contributed by atoms with Crippen LogP contribution in [0.4, 0.5) is 0 Å². The van der Waals surface area contributed by atoms with Gasteiger partial charge in [0, 0.05) is 0 Å². The fourth-order valence-corrected chi connectivity index (χ4v) is 16.4. The van der Waals surface area contributed by atoms with Crippen LogP contribution in [-0.2, 0) is 38.5 Å². The van der Waals surface area contributed by atoms with Crippen LogP contribution in [0, 0.1) is 25.2 Å². The van der Waals surface area contributed by atoms with Crippen LogP contribution in [0.1, 0.15) is 128 Å². The molecule has 1 unspecified atom stereocenters. The molecule has 2 aliphatic rings. The van der Waals surface area contributed by atoms with Crippen LogP contribution in [0.2, 0.25) is 0 Å². The zero-order valence-electron chi connectivity index (χ0n) is 30.0. The number of rotatable bonds is 5. The molecule has 0 N–H and O–H groups in total. The van der Waals surface area contributed by atoms with Gasteiger partial charge in [0.05, 0.1) is 0 Å². The zero-order valence-corrected chi connectivity index (χ0v) is 32.4. The van der Waals surface area contributed by atoms with E-state index in [-0.39, 0.29) is 16.2 Å². The van der Waals surface area contributed by atoms with Crippen molar-refractivity contribution in [3.8, 4) is 11.1 Å². The van der Waals surface area contributed by atoms with Crippen LogP contribution in [0.25, 0.3) is 11.1 Å². The molecular formula is C43H56Zr. The fourth-order valence-electron chi connectivity index (χ4n) is 7.82. The molecular weight excluding hydrogens is 608 g/mol. The molecule has 0 heterocycles. The van der Waals surface area contributed by atoms with Crippen LogP contribution in [0.5, 0.6) is 0 Å². The summed E-state index contributed by atoms with van der Waals surface area (Å²) in [6, 6.07) is 19.1. The van der Waals surface area contributed by atoms with E-state index in [1.54, 1.807) is 26.5 Å². The monoisotopic (exact) mass is 662 g/mol. The van der Waals surface area contributed by atoms with E-state index in [4.69, 9.17) is 0 Å². The van der Waals surface area contributed by atoms with Crippen LogP contribution in [-0.4, -0.2) is 3.21 Å². The normalized spacial score (nSPS) is 17.2. The van der Waals surface area contributed by atoms with E-state index >= 15 is 0 Å². The molecule has 1 atom stereocenters. The van der Waals surface area contributed by atoms with Gasteiger partial charge in [-0.1, -0.05) is 0 Å². The van der Waals surface area contributed by atoms with Crippen molar-refractivity contribution >= 4 is 6.48 Å². The van der Waals surface area contributed by atoms with Gasteiger partial charge in [0.2, 0.25) is 0 Å². The summed E-state index contributed by atoms with van der Waals surface area (Å²) in [7, 11) is 0. The van der Waals surface area contributed by atoms with Crippen molar-refractivity contribution in [2.45, 2.75) is 120 Å². The molecule has 0 amide bonds. The summed E-state index contributed by atoms with van der Waals surface area (Å²) in [5.74, 6) is 0.550. The van der Waals surface area contributed by atoms with Gasteiger partial charge in [-0.2, -0.15) is 0 Å². The summed E-state index contributed by atoms with van der Waals surface area (Å²) < 4.78 is 5.22. The summed E-state index contributed by atoms with van der Waals surface area (Å²) in [6.07, 6.45) is 8.88. The quantitative estimate of drug-likeness (QED) is 0.199. The number of aryl methyl sites for hydroxylation is 1. The average Bonchev–Trinajstić information content (AvgIpc) is 3.50. The first-order valence-corrected chi connectivity index (χ1v) is 20.6. The van der Waals surface area contributed by atoms with Gasteiger partial charge in [0.15, 0.2) is 0 Å². The standard InChI is InChI=1S/C23H29.C12H19.C8H8.Zr/c1-14-9-16-11-17-10-15(2)21(23(6,7)8)13-19(17)18(16)12-20(14)22(3,4)5;1-5-6-10-7-8-11(9-10)12(2,3)4;1-2-8-6-4-3-5-7-8;/h9,12-13H,11H2,1-8H3;8-10H,5-6H2,1-4H3;3-7H,1H3;. The Labute approximate surface area is 277 Å². The van der Waals surface area contributed by atoms with Gasteiger partial charge in [0.1, 0.15) is 0 Å². The molecule has 0 saturated carbocycles. The summed E-state index contributed by atoms with van der Waals surface area (Å²) in [5, 5.41) is 0. The molecule has 0 spiro atoms. The van der Waals surface area contributed by atoms with Crippen molar-refractivity contribution in [3.05, 3.63) is 108 Å². The van der Waals surface area contributed by atoms with Crippen molar-refractivity contribution in [2.24, 2.45) is 11.3 Å². The molecule has 1 heteroatoms. The Bertz CT molecular complexity index is 1680. The fraction of sp³-hybridized carbons (Fsp3) is 0.465. The zero-order chi connectivity index (χ0) is 32.4. The maximum atomic E-state index is 2.70. The Morgan fingerprint density at radius 2 is 1.41 bits per heavy atom. The first-order chi connectivity index (χ1) is 20.4. The molecule has 0 fully saturated rings. The van der Waals surface area contributed by atoms with Crippen molar-refractivity contribution in [2.75, 3.05) is 0 Å². The maximum absolute atomic E-state index is 2.70. The first kappa shape index (κ1) is 33.3. The summed E-state index contributed by atoms with van der Waals surface area (Å²) >= 11 is -2.66. The second-order valence-electron chi connectivity index (χ2n) is 16.7. The van der Waals surface area contributed by atoms with Gasteiger partial charge >= 0.3 is 279 Å². The Balaban J connectivity index is 1.90. The molecule has 0 aliphatic heterocycles. The molecule has 0 nitrogen and oxygen atoms in total. The summed E-state index contributed by atoms with van der Waals surface area (Å²) in [5.41, 5.74) is 15.5. The van der Waals surface area contributed by atoms with Crippen molar-refractivity contribution in [1.82, 2.24) is 0 Å². The van der Waals surface area contributed by atoms with Crippen LogP contribution >= 0.6 is 0 Å². The predicted octanol–water partition coefficient (Wildman–Crippen LogP) is 11.2. The molecule has 3 aromatic carbocycles. The van der Waals surface area contributed by atoms with Gasteiger partial charge in [-0.3, -0.25) is 0 Å². The predicted molar refractivity (Wildman–Crippen MR) is 191 cm³/mol. The van der Waals surface area contributed by atoms with E-state index in [1.807, 2.05) is 0 Å². The molecule has 0 saturated heterocycles. The summed E-state index contributed by atoms with van der Waals surface area (Å²) in [6.45, 7) is 31.2. The Morgan fingerprint density at radius 1 is 0.795 bits per heavy atom. The number of fused-ring (bicyclic) bond motifs is 3. The second-order valence-corrected chi connectivity index (χ2v) is 23.0. The molecule has 232 valence electrons. The molecule has 2 aliphatic carbocycles. The van der Waals surface area contributed by atoms with Gasteiger partial charge in [-0.05, 0) is 0 Å². The molecule has 5 rings (SSSR count). The van der Waals surface area contributed by atoms with Gasteiger partial charge in [-0.25, -0.2) is 0 Å². The van der Waals surface area contributed by atoms with Crippen LogP contribution < -0.4 is 3.27 Å². The molecule has 0 bridgehead atoms. The van der Waals surface area contributed by atoms with Crippen molar-refractivity contribution in [3.63, 3.8) is 0 Å². The van der Waals surface area contributed by atoms with Gasteiger partial charge < -0.3 is 0 Å². The Morgan fingerprint density at radius 3 is 1.98 bits per heavy atom. The molecule has 44 heavy (non-hydrogen) atoms. The third-order valence-corrected chi connectivity index (χ3v) is 18.2. The average molecular weight is 664 g/mol. The number of hydrogen-bond acceptors (Lipinski definition) is 0. The number of hydrogen-bond donors (Lipinski definition) is 0. The SMILES string of the molecule is CCCC1C=C(C(C)(C)C)C=[C]1/[Zr](=[C](\C)c1ccccc1)[c]1c(C)c(C(C)(C)C)cc2c1Cc1cc(C)c(C(C)(C)C)cc1-2. The van der Waals surface area contributed by atoms with Gasteiger partial charge in [-0.15, -0.1) is 0 Å². The van der Waals surface area contributed by atoms with E-state index in [1.165, 1.54) is 51.8 Å². The summed E-state index contributed by atoms with van der Waals surface area (Å²) in [4.78, 5) is 0. The topological polar surface area (TPSA) is 0 Å². The second kappa shape index (κ2) is 11.9. The van der Waals surface area contributed by atoms with E-state index in [9.17, 15) is 0 Å². The van der Waals surface area contributed by atoms with Crippen molar-refractivity contribution < 1.29 is 21.3 Å². The minimum atomic E-state index is -2.66. The Kier molecular flexibility index (Phi) is 9.01.